The number of nitrogens with zero attached hydrogens (tertiary/aromatic N) is 1. The predicted molar refractivity (Wildman–Crippen MR) is 85.6 cm³/mol. The van der Waals surface area contributed by atoms with Crippen molar-refractivity contribution in [1.82, 2.24) is 26.1 Å². The summed E-state index contributed by atoms with van der Waals surface area (Å²) in [6, 6.07) is 8.51. The molecule has 1 aromatic carbocycles. The van der Waals surface area contributed by atoms with Gasteiger partial charge >= 0.3 is 6.03 Å². The average molecular weight is 327 g/mol. The van der Waals surface area contributed by atoms with Crippen LogP contribution in [0.4, 0.5) is 4.79 Å². The lowest BCUT2D eigenvalue weighted by Crippen LogP contribution is -2.31. The van der Waals surface area contributed by atoms with Gasteiger partial charge in [-0.3, -0.25) is 20.0 Å². The van der Waals surface area contributed by atoms with E-state index in [-0.39, 0.29) is 24.7 Å². The summed E-state index contributed by atoms with van der Waals surface area (Å²) in [5, 5.41) is 14.2. The maximum atomic E-state index is 11.8. The number of H-pyrrole nitrogens is 1. The third-order valence-electron chi connectivity index (χ3n) is 3.77. The van der Waals surface area contributed by atoms with E-state index in [9.17, 15) is 14.4 Å². The van der Waals surface area contributed by atoms with Crippen LogP contribution in [0.1, 0.15) is 18.4 Å². The summed E-state index contributed by atoms with van der Waals surface area (Å²) >= 11 is 0. The topological polar surface area (TPSA) is 116 Å². The van der Waals surface area contributed by atoms with Crippen molar-refractivity contribution < 1.29 is 14.4 Å². The van der Waals surface area contributed by atoms with E-state index in [1.54, 1.807) is 6.20 Å². The Morgan fingerprint density at radius 1 is 1.17 bits per heavy atom. The van der Waals surface area contributed by atoms with E-state index in [4.69, 9.17) is 0 Å². The minimum atomic E-state index is -0.628. The van der Waals surface area contributed by atoms with Crippen LogP contribution in [0.25, 0.3) is 11.3 Å². The first-order chi connectivity index (χ1) is 11.6. The first-order valence-corrected chi connectivity index (χ1v) is 7.58. The van der Waals surface area contributed by atoms with Crippen molar-refractivity contribution in [2.45, 2.75) is 25.4 Å². The van der Waals surface area contributed by atoms with Crippen molar-refractivity contribution >= 4 is 17.8 Å². The van der Waals surface area contributed by atoms with Crippen LogP contribution < -0.4 is 16.0 Å². The van der Waals surface area contributed by atoms with Gasteiger partial charge in [0, 0.05) is 19.2 Å². The number of hydrogen-bond acceptors (Lipinski definition) is 4. The second-order valence-corrected chi connectivity index (χ2v) is 5.50. The van der Waals surface area contributed by atoms with Crippen molar-refractivity contribution in [3.8, 4) is 11.3 Å². The number of benzene rings is 1. The number of carbonyl (C=O) groups is 3. The van der Waals surface area contributed by atoms with Crippen molar-refractivity contribution in [3.63, 3.8) is 0 Å². The molecule has 0 spiro atoms. The molecule has 0 radical (unpaired) electrons. The SMILES string of the molecule is O=C(CCC1NC(=O)NC1=O)NCc1ccc(-c2ccn[nH]2)cc1. The molecule has 8 nitrogen and oxygen atoms in total. The van der Waals surface area contributed by atoms with Gasteiger partial charge in [0.2, 0.25) is 5.91 Å². The van der Waals surface area contributed by atoms with Crippen LogP contribution in [0, 0.1) is 0 Å². The number of amides is 4. The second kappa shape index (κ2) is 6.95. The molecule has 2 heterocycles. The molecule has 124 valence electrons. The molecule has 24 heavy (non-hydrogen) atoms. The van der Waals surface area contributed by atoms with Crippen molar-refractivity contribution in [3.05, 3.63) is 42.1 Å². The third-order valence-corrected chi connectivity index (χ3v) is 3.77. The summed E-state index contributed by atoms with van der Waals surface area (Å²) in [5.74, 6) is -0.552. The van der Waals surface area contributed by atoms with Gasteiger partial charge in [0.05, 0.1) is 5.69 Å². The van der Waals surface area contributed by atoms with Gasteiger partial charge in [-0.25, -0.2) is 4.79 Å². The zero-order valence-corrected chi connectivity index (χ0v) is 12.8. The number of imide groups is 1. The van der Waals surface area contributed by atoms with E-state index < -0.39 is 12.1 Å². The monoisotopic (exact) mass is 327 g/mol. The molecular formula is C16H17N5O3. The maximum absolute atomic E-state index is 11.8. The molecule has 4 N–H and O–H groups in total. The minimum Gasteiger partial charge on any atom is -0.352 e. The first kappa shape index (κ1) is 15.7. The second-order valence-electron chi connectivity index (χ2n) is 5.50. The Morgan fingerprint density at radius 3 is 2.58 bits per heavy atom. The molecule has 2 aromatic rings. The Kier molecular flexibility index (Phi) is 4.55. The van der Waals surface area contributed by atoms with Crippen LogP contribution in [0.3, 0.4) is 0 Å². The highest BCUT2D eigenvalue weighted by Gasteiger charge is 2.29. The lowest BCUT2D eigenvalue weighted by molar-refractivity contribution is -0.122. The summed E-state index contributed by atoms with van der Waals surface area (Å²) in [6.07, 6.45) is 2.14. The predicted octanol–water partition coefficient (Wildman–Crippen LogP) is 0.681. The highest BCUT2D eigenvalue weighted by molar-refractivity contribution is 6.04. The highest BCUT2D eigenvalue weighted by Crippen LogP contribution is 2.16. The Bertz CT molecular complexity index is 740. The molecule has 1 aromatic heterocycles. The van der Waals surface area contributed by atoms with Gasteiger partial charge in [-0.1, -0.05) is 24.3 Å². The third kappa shape index (κ3) is 3.78. The molecule has 1 aliphatic rings. The normalized spacial score (nSPS) is 16.6. The Hall–Kier alpha value is -3.16. The fourth-order valence-corrected chi connectivity index (χ4v) is 2.45. The first-order valence-electron chi connectivity index (χ1n) is 7.58. The molecule has 4 amide bonds. The number of carbonyl (C=O) groups excluding carboxylic acids is 3. The number of urea groups is 1. The molecule has 1 aliphatic heterocycles. The van der Waals surface area contributed by atoms with Gasteiger partial charge in [0.15, 0.2) is 0 Å². The quantitative estimate of drug-likeness (QED) is 0.584. The van der Waals surface area contributed by atoms with Crippen LogP contribution in [-0.4, -0.2) is 34.1 Å². The van der Waals surface area contributed by atoms with Crippen molar-refractivity contribution in [1.29, 1.82) is 0 Å². The standard InChI is InChI=1S/C16H17N5O3/c22-14(6-5-13-15(23)20-16(24)19-13)17-9-10-1-3-11(4-2-10)12-7-8-18-21-12/h1-4,7-8,13H,5-6,9H2,(H,17,22)(H,18,21)(H2,19,20,23,24). The number of nitrogens with one attached hydrogen (secondary N) is 4. The van der Waals surface area contributed by atoms with Crippen LogP contribution in [0.2, 0.25) is 0 Å². The van der Waals surface area contributed by atoms with E-state index in [0.29, 0.717) is 6.54 Å². The number of aromatic nitrogens is 2. The lowest BCUT2D eigenvalue weighted by Gasteiger charge is -2.08. The van der Waals surface area contributed by atoms with E-state index in [1.165, 1.54) is 0 Å². The Balaban J connectivity index is 1.44. The zero-order chi connectivity index (χ0) is 16.9. The van der Waals surface area contributed by atoms with E-state index in [2.05, 4.69) is 26.1 Å². The summed E-state index contributed by atoms with van der Waals surface area (Å²) in [6.45, 7) is 0.408. The largest absolute Gasteiger partial charge is 0.352 e. The fraction of sp³-hybridized carbons (Fsp3) is 0.250. The minimum absolute atomic E-state index is 0.165. The van der Waals surface area contributed by atoms with Crippen LogP contribution in [0.15, 0.2) is 36.5 Å². The van der Waals surface area contributed by atoms with Crippen LogP contribution in [0.5, 0.6) is 0 Å². The van der Waals surface area contributed by atoms with E-state index in [1.807, 2.05) is 30.3 Å². The summed E-state index contributed by atoms with van der Waals surface area (Å²) < 4.78 is 0. The molecule has 1 atom stereocenters. The van der Waals surface area contributed by atoms with Crippen LogP contribution >= 0.6 is 0 Å². The molecule has 0 aliphatic carbocycles. The zero-order valence-electron chi connectivity index (χ0n) is 12.8. The van der Waals surface area contributed by atoms with Gasteiger partial charge in [0.1, 0.15) is 6.04 Å². The molecule has 1 saturated heterocycles. The van der Waals surface area contributed by atoms with Crippen molar-refractivity contribution in [2.75, 3.05) is 0 Å². The summed E-state index contributed by atoms with van der Waals surface area (Å²) in [7, 11) is 0. The number of aromatic amines is 1. The molecule has 0 saturated carbocycles. The molecule has 1 unspecified atom stereocenters. The van der Waals surface area contributed by atoms with Crippen LogP contribution in [-0.2, 0) is 16.1 Å². The Morgan fingerprint density at radius 2 is 1.96 bits per heavy atom. The van der Waals surface area contributed by atoms with Gasteiger partial charge in [-0.15, -0.1) is 0 Å². The van der Waals surface area contributed by atoms with E-state index in [0.717, 1.165) is 16.8 Å². The lowest BCUT2D eigenvalue weighted by atomic mass is 10.1. The fourth-order valence-electron chi connectivity index (χ4n) is 2.45. The highest BCUT2D eigenvalue weighted by atomic mass is 16.2. The summed E-state index contributed by atoms with van der Waals surface area (Å²) in [4.78, 5) is 34.2. The maximum Gasteiger partial charge on any atom is 0.322 e. The molecule has 3 rings (SSSR count). The Labute approximate surface area is 138 Å². The molecule has 8 heteroatoms. The molecule has 0 bridgehead atoms. The molecule has 1 fully saturated rings. The van der Waals surface area contributed by atoms with Crippen molar-refractivity contribution in [2.24, 2.45) is 0 Å². The van der Waals surface area contributed by atoms with Gasteiger partial charge < -0.3 is 10.6 Å². The van der Waals surface area contributed by atoms with Gasteiger partial charge in [0.25, 0.3) is 5.91 Å². The van der Waals surface area contributed by atoms with Gasteiger partial charge in [-0.05, 0) is 23.6 Å². The van der Waals surface area contributed by atoms with Gasteiger partial charge in [-0.2, -0.15) is 5.10 Å². The average Bonchev–Trinajstić information content (AvgIpc) is 3.21. The molecular weight excluding hydrogens is 310 g/mol. The number of rotatable bonds is 6. The number of hydrogen-bond donors (Lipinski definition) is 4. The van der Waals surface area contributed by atoms with E-state index >= 15 is 0 Å². The smallest absolute Gasteiger partial charge is 0.322 e. The summed E-state index contributed by atoms with van der Waals surface area (Å²) in [5.41, 5.74) is 2.92.